The molecule has 5 rings (SSSR count). The molecule has 3 aromatic rings. The Morgan fingerprint density at radius 1 is 1.28 bits per heavy atom. The zero-order valence-electron chi connectivity index (χ0n) is 17.6. The Hall–Kier alpha value is -3.59. The molecule has 8 nitrogen and oxygen atoms in total. The smallest absolute Gasteiger partial charge is 0.255 e. The van der Waals surface area contributed by atoms with Crippen molar-refractivity contribution in [1.82, 2.24) is 20.6 Å². The quantitative estimate of drug-likeness (QED) is 0.454. The molecule has 0 saturated carbocycles. The number of ether oxygens (including phenoxy) is 2. The van der Waals surface area contributed by atoms with Crippen molar-refractivity contribution in [3.8, 4) is 22.8 Å². The van der Waals surface area contributed by atoms with Crippen LogP contribution in [0.3, 0.4) is 0 Å². The van der Waals surface area contributed by atoms with E-state index in [9.17, 15) is 9.18 Å². The molecule has 2 aromatic heterocycles. The first-order valence-electron chi connectivity index (χ1n) is 10.6. The van der Waals surface area contributed by atoms with Gasteiger partial charge in [0.15, 0.2) is 11.6 Å². The van der Waals surface area contributed by atoms with Crippen LogP contribution in [0.1, 0.15) is 22.5 Å². The Balaban J connectivity index is 1.60. The fourth-order valence-corrected chi connectivity index (χ4v) is 4.04. The van der Waals surface area contributed by atoms with Gasteiger partial charge in [-0.3, -0.25) is 9.78 Å². The van der Waals surface area contributed by atoms with Crippen LogP contribution in [0.4, 0.5) is 15.8 Å². The lowest BCUT2D eigenvalue weighted by molar-refractivity contribution is 0.0947. The summed E-state index contributed by atoms with van der Waals surface area (Å²) >= 11 is 0. The highest BCUT2D eigenvalue weighted by atomic mass is 19.1. The van der Waals surface area contributed by atoms with Gasteiger partial charge in [0.1, 0.15) is 12.4 Å². The third-order valence-corrected chi connectivity index (χ3v) is 5.82. The number of para-hydroxylation sites is 1. The highest BCUT2D eigenvalue weighted by Crippen LogP contribution is 2.42. The highest BCUT2D eigenvalue weighted by Gasteiger charge is 2.29. The molecule has 0 bridgehead atoms. The second-order valence-corrected chi connectivity index (χ2v) is 7.80. The molecule has 9 heteroatoms. The topological polar surface area (TPSA) is 100 Å². The number of hydrogen-bond donors (Lipinski definition) is 4. The number of halogens is 1. The molecule has 1 saturated heterocycles. The van der Waals surface area contributed by atoms with Gasteiger partial charge in [0.05, 0.1) is 35.9 Å². The number of aromatic amines is 1. The van der Waals surface area contributed by atoms with Crippen molar-refractivity contribution in [2.75, 3.05) is 32.1 Å². The van der Waals surface area contributed by atoms with Gasteiger partial charge in [-0.05, 0) is 31.2 Å². The lowest BCUT2D eigenvalue weighted by Crippen LogP contribution is -2.46. The van der Waals surface area contributed by atoms with Crippen LogP contribution in [0.25, 0.3) is 11.3 Å². The number of nitrogens with one attached hydrogen (secondary N) is 4. The van der Waals surface area contributed by atoms with E-state index in [1.54, 1.807) is 24.5 Å². The van der Waals surface area contributed by atoms with Crippen molar-refractivity contribution in [2.24, 2.45) is 0 Å². The summed E-state index contributed by atoms with van der Waals surface area (Å²) in [6.07, 6.45) is 5.07. The number of nitrogens with zero attached hydrogens (tertiary/aromatic N) is 1. The fraction of sp³-hybridized carbons (Fsp3) is 0.304. The third kappa shape index (κ3) is 3.64. The van der Waals surface area contributed by atoms with E-state index < -0.39 is 5.82 Å². The lowest BCUT2D eigenvalue weighted by atomic mass is 10.0. The van der Waals surface area contributed by atoms with Gasteiger partial charge in [0.25, 0.3) is 5.91 Å². The molecule has 1 fully saturated rings. The first-order valence-corrected chi connectivity index (χ1v) is 10.6. The third-order valence-electron chi connectivity index (χ3n) is 5.82. The highest BCUT2D eigenvalue weighted by molar-refractivity contribution is 6.06. The number of carbonyl (C=O) groups excluding carboxylic acids is 1. The van der Waals surface area contributed by atoms with Crippen molar-refractivity contribution in [1.29, 1.82) is 0 Å². The molecule has 1 unspecified atom stereocenters. The molecule has 2 aliphatic rings. The number of aromatic nitrogens is 2. The van der Waals surface area contributed by atoms with Crippen molar-refractivity contribution < 1.29 is 18.7 Å². The second kappa shape index (κ2) is 8.51. The summed E-state index contributed by atoms with van der Waals surface area (Å²) in [5.74, 6) is -0.00279. The molecule has 1 aromatic carbocycles. The van der Waals surface area contributed by atoms with Crippen molar-refractivity contribution in [3.63, 3.8) is 0 Å². The molecule has 4 heterocycles. The van der Waals surface area contributed by atoms with Crippen LogP contribution in [-0.4, -0.2) is 48.7 Å². The van der Waals surface area contributed by atoms with E-state index in [1.165, 1.54) is 13.2 Å². The number of rotatable bonds is 7. The van der Waals surface area contributed by atoms with Crippen LogP contribution >= 0.6 is 0 Å². The SMILES string of the molecule is COc1c(F)cccc1Nc1c(-c2ccncc2OCC2CCN2)[nH]c2c1C(=O)NCC2. The molecule has 1 amide bonds. The number of hydrogen-bond acceptors (Lipinski definition) is 6. The number of H-pyrrole nitrogens is 1. The number of pyridine rings is 1. The second-order valence-electron chi connectivity index (χ2n) is 7.80. The van der Waals surface area contributed by atoms with E-state index in [2.05, 4.69) is 25.9 Å². The number of benzene rings is 1. The summed E-state index contributed by atoms with van der Waals surface area (Å²) in [7, 11) is 1.41. The standard InChI is InChI=1S/C23H24FN5O3/c1-31-22-15(24)3-2-4-17(22)29-21-19-16(7-10-27-23(19)30)28-20(21)14-6-8-25-11-18(14)32-12-13-5-9-26-13/h2-4,6,8,11,13,26,28-29H,5,7,9-10,12H2,1H3,(H,27,30). The van der Waals surface area contributed by atoms with E-state index >= 15 is 0 Å². The van der Waals surface area contributed by atoms with Gasteiger partial charge in [0, 0.05) is 36.5 Å². The average Bonchev–Trinajstić information content (AvgIpc) is 3.12. The van der Waals surface area contributed by atoms with Gasteiger partial charge in [-0.15, -0.1) is 0 Å². The average molecular weight is 437 g/mol. The van der Waals surface area contributed by atoms with E-state index in [0.29, 0.717) is 54.0 Å². The first kappa shape index (κ1) is 20.3. The van der Waals surface area contributed by atoms with Gasteiger partial charge < -0.3 is 30.4 Å². The number of anilines is 2. The van der Waals surface area contributed by atoms with E-state index in [4.69, 9.17) is 9.47 Å². The maximum atomic E-state index is 14.3. The summed E-state index contributed by atoms with van der Waals surface area (Å²) in [4.78, 5) is 20.4. The zero-order chi connectivity index (χ0) is 22.1. The molecule has 166 valence electrons. The van der Waals surface area contributed by atoms with Crippen LogP contribution in [0, 0.1) is 5.82 Å². The largest absolute Gasteiger partial charge is 0.492 e. The summed E-state index contributed by atoms with van der Waals surface area (Å²) in [5, 5.41) is 9.44. The fourth-order valence-electron chi connectivity index (χ4n) is 4.04. The van der Waals surface area contributed by atoms with Gasteiger partial charge in [-0.25, -0.2) is 4.39 Å². The monoisotopic (exact) mass is 437 g/mol. The van der Waals surface area contributed by atoms with E-state index in [-0.39, 0.29) is 11.7 Å². The Labute approximate surface area is 184 Å². The molecule has 2 aliphatic heterocycles. The van der Waals surface area contributed by atoms with Crippen molar-refractivity contribution >= 4 is 17.3 Å². The molecular weight excluding hydrogens is 413 g/mol. The minimum absolute atomic E-state index is 0.0758. The van der Waals surface area contributed by atoms with Crippen LogP contribution in [0.2, 0.25) is 0 Å². The summed E-state index contributed by atoms with van der Waals surface area (Å²) in [5.41, 5.74) is 3.71. The number of carbonyl (C=O) groups is 1. The molecule has 0 radical (unpaired) electrons. The maximum absolute atomic E-state index is 14.3. The molecule has 32 heavy (non-hydrogen) atoms. The predicted octanol–water partition coefficient (Wildman–Crippen LogP) is 2.99. The molecule has 4 N–H and O–H groups in total. The molecule has 0 aliphatic carbocycles. The van der Waals surface area contributed by atoms with Gasteiger partial charge in [0.2, 0.25) is 0 Å². The van der Waals surface area contributed by atoms with Gasteiger partial charge in [-0.1, -0.05) is 6.07 Å². The van der Waals surface area contributed by atoms with Crippen LogP contribution in [0.15, 0.2) is 36.7 Å². The Kier molecular flexibility index (Phi) is 5.40. The van der Waals surface area contributed by atoms with Crippen LogP contribution in [-0.2, 0) is 6.42 Å². The van der Waals surface area contributed by atoms with E-state index in [1.807, 2.05) is 6.07 Å². The molecular formula is C23H24FN5O3. The summed E-state index contributed by atoms with van der Waals surface area (Å²) < 4.78 is 25.6. The number of fused-ring (bicyclic) bond motifs is 1. The lowest BCUT2D eigenvalue weighted by Gasteiger charge is -2.27. The number of amides is 1. The Morgan fingerprint density at radius 3 is 2.94 bits per heavy atom. The minimum atomic E-state index is -0.492. The Bertz CT molecular complexity index is 1160. The maximum Gasteiger partial charge on any atom is 0.255 e. The number of methoxy groups -OCH3 is 1. The zero-order valence-corrected chi connectivity index (χ0v) is 17.6. The summed E-state index contributed by atoms with van der Waals surface area (Å²) in [6, 6.07) is 6.78. The van der Waals surface area contributed by atoms with Crippen LogP contribution < -0.4 is 25.4 Å². The Morgan fingerprint density at radius 2 is 2.16 bits per heavy atom. The molecule has 0 spiro atoms. The van der Waals surface area contributed by atoms with Crippen LogP contribution in [0.5, 0.6) is 11.5 Å². The minimum Gasteiger partial charge on any atom is -0.492 e. The van der Waals surface area contributed by atoms with E-state index in [0.717, 1.165) is 24.2 Å². The summed E-state index contributed by atoms with van der Waals surface area (Å²) in [6.45, 7) is 2.07. The normalized spacial score (nSPS) is 17.2. The predicted molar refractivity (Wildman–Crippen MR) is 118 cm³/mol. The molecule has 1 atom stereocenters. The first-order chi connectivity index (χ1) is 15.7. The van der Waals surface area contributed by atoms with Gasteiger partial charge in [-0.2, -0.15) is 0 Å². The van der Waals surface area contributed by atoms with Gasteiger partial charge >= 0.3 is 0 Å². The van der Waals surface area contributed by atoms with Crippen molar-refractivity contribution in [3.05, 3.63) is 53.7 Å². The van der Waals surface area contributed by atoms with Crippen molar-refractivity contribution in [2.45, 2.75) is 18.9 Å².